The van der Waals surface area contributed by atoms with E-state index in [0.29, 0.717) is 12.2 Å². The second-order valence-corrected chi connectivity index (χ2v) is 6.57. The molecule has 0 amide bonds. The lowest BCUT2D eigenvalue weighted by atomic mass is 9.98. The summed E-state index contributed by atoms with van der Waals surface area (Å²) in [7, 11) is 2.14. The molecule has 134 valence electrons. The standard InChI is InChI=1S/C20H27N3O2/c1-4-8-16-18(20(24)25-5-2)15-9-6-7-10-17(15)21-19(16)23-13-11-22(3)12-14-23/h6-7,9-10H,4-5,8,11-14H2,1-3H3. The maximum atomic E-state index is 12.8. The van der Waals surface area contributed by atoms with E-state index in [1.54, 1.807) is 0 Å². The molecule has 0 radical (unpaired) electrons. The molecule has 5 nitrogen and oxygen atoms in total. The van der Waals surface area contributed by atoms with Gasteiger partial charge < -0.3 is 14.5 Å². The third-order valence-electron chi connectivity index (χ3n) is 4.75. The van der Waals surface area contributed by atoms with Crippen molar-refractivity contribution in [2.45, 2.75) is 26.7 Å². The third-order valence-corrected chi connectivity index (χ3v) is 4.75. The van der Waals surface area contributed by atoms with Gasteiger partial charge in [0.15, 0.2) is 0 Å². The van der Waals surface area contributed by atoms with Crippen LogP contribution in [0.1, 0.15) is 36.2 Å². The van der Waals surface area contributed by atoms with Crippen molar-refractivity contribution in [3.63, 3.8) is 0 Å². The first kappa shape index (κ1) is 17.7. The minimum atomic E-state index is -0.236. The molecule has 0 N–H and O–H groups in total. The summed E-state index contributed by atoms with van der Waals surface area (Å²) in [6.07, 6.45) is 1.79. The van der Waals surface area contributed by atoms with Crippen molar-refractivity contribution in [1.82, 2.24) is 9.88 Å². The first-order valence-corrected chi connectivity index (χ1v) is 9.17. The van der Waals surface area contributed by atoms with Gasteiger partial charge in [-0.3, -0.25) is 0 Å². The molecule has 0 saturated carbocycles. The van der Waals surface area contributed by atoms with Crippen molar-refractivity contribution in [2.75, 3.05) is 44.7 Å². The number of aromatic nitrogens is 1. The first-order valence-electron chi connectivity index (χ1n) is 9.17. The van der Waals surface area contributed by atoms with Gasteiger partial charge in [-0.25, -0.2) is 9.78 Å². The normalized spacial score (nSPS) is 15.6. The predicted octanol–water partition coefficient (Wildman–Crippen LogP) is 3.12. The number of benzene rings is 1. The molecular weight excluding hydrogens is 314 g/mol. The van der Waals surface area contributed by atoms with Gasteiger partial charge in [0.05, 0.1) is 17.7 Å². The van der Waals surface area contributed by atoms with Crippen LogP contribution in [0.3, 0.4) is 0 Å². The number of pyridine rings is 1. The highest BCUT2D eigenvalue weighted by Gasteiger charge is 2.25. The number of nitrogens with zero attached hydrogens (tertiary/aromatic N) is 3. The number of hydrogen-bond acceptors (Lipinski definition) is 5. The van der Waals surface area contributed by atoms with Crippen molar-refractivity contribution in [1.29, 1.82) is 0 Å². The second kappa shape index (κ2) is 7.83. The molecule has 0 atom stereocenters. The number of anilines is 1. The lowest BCUT2D eigenvalue weighted by Crippen LogP contribution is -2.45. The number of carbonyl (C=O) groups excluding carboxylic acids is 1. The number of rotatable bonds is 5. The van der Waals surface area contributed by atoms with Crippen molar-refractivity contribution in [3.05, 3.63) is 35.4 Å². The van der Waals surface area contributed by atoms with Crippen LogP contribution >= 0.6 is 0 Å². The molecule has 3 rings (SSSR count). The van der Waals surface area contributed by atoms with Gasteiger partial charge in [0.2, 0.25) is 0 Å². The van der Waals surface area contributed by atoms with E-state index < -0.39 is 0 Å². The van der Waals surface area contributed by atoms with Crippen molar-refractivity contribution < 1.29 is 9.53 Å². The Labute approximate surface area is 149 Å². The fourth-order valence-corrected chi connectivity index (χ4v) is 3.44. The quantitative estimate of drug-likeness (QED) is 0.782. The van der Waals surface area contributed by atoms with E-state index in [0.717, 1.165) is 61.3 Å². The molecule has 5 heteroatoms. The fraction of sp³-hybridized carbons (Fsp3) is 0.500. The summed E-state index contributed by atoms with van der Waals surface area (Å²) in [4.78, 5) is 22.4. The molecule has 0 bridgehead atoms. The number of hydrogen-bond donors (Lipinski definition) is 0. The van der Waals surface area contributed by atoms with Gasteiger partial charge in [0.25, 0.3) is 0 Å². The highest BCUT2D eigenvalue weighted by molar-refractivity contribution is 6.06. The molecule has 1 aliphatic heterocycles. The SMILES string of the molecule is CCCc1c(N2CCN(C)CC2)nc2ccccc2c1C(=O)OCC. The Balaban J connectivity index is 2.17. The Morgan fingerprint density at radius 2 is 1.88 bits per heavy atom. The molecule has 1 aromatic carbocycles. The van der Waals surface area contributed by atoms with Gasteiger partial charge in [0, 0.05) is 37.1 Å². The molecule has 1 fully saturated rings. The van der Waals surface area contributed by atoms with Crippen LogP contribution in [0.5, 0.6) is 0 Å². The summed E-state index contributed by atoms with van der Waals surface area (Å²) in [6, 6.07) is 7.88. The smallest absolute Gasteiger partial charge is 0.339 e. The summed E-state index contributed by atoms with van der Waals surface area (Å²) < 4.78 is 5.39. The Kier molecular flexibility index (Phi) is 5.53. The molecule has 2 aromatic rings. The minimum Gasteiger partial charge on any atom is -0.462 e. The van der Waals surface area contributed by atoms with Crippen LogP contribution in [0.2, 0.25) is 0 Å². The molecule has 0 aliphatic carbocycles. The zero-order valence-corrected chi connectivity index (χ0v) is 15.4. The number of carbonyl (C=O) groups is 1. The number of fused-ring (bicyclic) bond motifs is 1. The number of ether oxygens (including phenoxy) is 1. The summed E-state index contributed by atoms with van der Waals surface area (Å²) >= 11 is 0. The molecule has 1 saturated heterocycles. The molecular formula is C20H27N3O2. The number of piperazine rings is 1. The van der Waals surface area contributed by atoms with Crippen molar-refractivity contribution in [3.8, 4) is 0 Å². The zero-order chi connectivity index (χ0) is 17.8. The van der Waals surface area contributed by atoms with E-state index in [9.17, 15) is 4.79 Å². The number of likely N-dealkylation sites (N-methyl/N-ethyl adjacent to an activating group) is 1. The van der Waals surface area contributed by atoms with Crippen LogP contribution in [0.25, 0.3) is 10.9 Å². The molecule has 1 aromatic heterocycles. The zero-order valence-electron chi connectivity index (χ0n) is 15.4. The van der Waals surface area contributed by atoms with Gasteiger partial charge >= 0.3 is 5.97 Å². The van der Waals surface area contributed by atoms with Crippen LogP contribution in [0, 0.1) is 0 Å². The van der Waals surface area contributed by atoms with Crippen LogP contribution in [0.15, 0.2) is 24.3 Å². The van der Waals surface area contributed by atoms with Gasteiger partial charge in [0.1, 0.15) is 5.82 Å². The maximum Gasteiger partial charge on any atom is 0.339 e. The van der Waals surface area contributed by atoms with Crippen LogP contribution in [-0.2, 0) is 11.2 Å². The number of esters is 1. The number of para-hydroxylation sites is 1. The average molecular weight is 341 g/mol. The lowest BCUT2D eigenvalue weighted by Gasteiger charge is -2.35. The average Bonchev–Trinajstić information content (AvgIpc) is 2.62. The highest BCUT2D eigenvalue weighted by Crippen LogP contribution is 2.31. The van der Waals surface area contributed by atoms with Gasteiger partial charge in [-0.15, -0.1) is 0 Å². The summed E-state index contributed by atoms with van der Waals surface area (Å²) in [5.74, 6) is 0.719. The molecule has 25 heavy (non-hydrogen) atoms. The third kappa shape index (κ3) is 3.61. The lowest BCUT2D eigenvalue weighted by molar-refractivity contribution is 0.0527. The Bertz CT molecular complexity index is 752. The van der Waals surface area contributed by atoms with Gasteiger partial charge in [-0.2, -0.15) is 0 Å². The predicted molar refractivity (Wildman–Crippen MR) is 101 cm³/mol. The molecule has 2 heterocycles. The first-order chi connectivity index (χ1) is 12.2. The van der Waals surface area contributed by atoms with Crippen molar-refractivity contribution >= 4 is 22.7 Å². The Hall–Kier alpha value is -2.14. The fourth-order valence-electron chi connectivity index (χ4n) is 3.44. The monoisotopic (exact) mass is 341 g/mol. The van der Waals surface area contributed by atoms with Crippen LogP contribution < -0.4 is 4.90 Å². The maximum absolute atomic E-state index is 12.8. The molecule has 0 unspecified atom stereocenters. The highest BCUT2D eigenvalue weighted by atomic mass is 16.5. The minimum absolute atomic E-state index is 0.236. The summed E-state index contributed by atoms with van der Waals surface area (Å²) in [5.41, 5.74) is 2.59. The Morgan fingerprint density at radius 1 is 1.16 bits per heavy atom. The van der Waals surface area contributed by atoms with Gasteiger partial charge in [-0.1, -0.05) is 31.5 Å². The van der Waals surface area contributed by atoms with E-state index in [2.05, 4.69) is 23.8 Å². The largest absolute Gasteiger partial charge is 0.462 e. The second-order valence-electron chi connectivity index (χ2n) is 6.57. The van der Waals surface area contributed by atoms with E-state index in [4.69, 9.17) is 9.72 Å². The van der Waals surface area contributed by atoms with E-state index in [1.807, 2.05) is 31.2 Å². The topological polar surface area (TPSA) is 45.7 Å². The molecule has 0 spiro atoms. The molecule has 1 aliphatic rings. The van der Waals surface area contributed by atoms with Crippen molar-refractivity contribution in [2.24, 2.45) is 0 Å². The van der Waals surface area contributed by atoms with Crippen LogP contribution in [0.4, 0.5) is 5.82 Å². The Morgan fingerprint density at radius 3 is 2.56 bits per heavy atom. The van der Waals surface area contributed by atoms with E-state index in [1.165, 1.54) is 0 Å². The van der Waals surface area contributed by atoms with E-state index in [-0.39, 0.29) is 5.97 Å². The van der Waals surface area contributed by atoms with E-state index >= 15 is 0 Å². The van der Waals surface area contributed by atoms with Gasteiger partial charge in [-0.05, 0) is 26.5 Å². The summed E-state index contributed by atoms with van der Waals surface area (Å²) in [5, 5.41) is 0.891. The summed E-state index contributed by atoms with van der Waals surface area (Å²) in [6.45, 7) is 8.25. The van der Waals surface area contributed by atoms with Crippen LogP contribution in [-0.4, -0.2) is 55.7 Å².